The SMILES string of the molecule is Cc1ccc(-c2onc3ccc(C(=O)Nc4cccc(F)c4)cc23)cc1. The Kier molecular flexibility index (Phi) is 3.97. The summed E-state index contributed by atoms with van der Waals surface area (Å²) >= 11 is 0. The van der Waals surface area contributed by atoms with E-state index in [2.05, 4.69) is 10.5 Å². The monoisotopic (exact) mass is 346 g/mol. The van der Waals surface area contributed by atoms with Crippen LogP contribution in [0.5, 0.6) is 0 Å². The molecule has 4 nitrogen and oxygen atoms in total. The van der Waals surface area contributed by atoms with Gasteiger partial charge in [0.2, 0.25) is 0 Å². The third-order valence-corrected chi connectivity index (χ3v) is 4.13. The van der Waals surface area contributed by atoms with E-state index in [1.807, 2.05) is 31.2 Å². The summed E-state index contributed by atoms with van der Waals surface area (Å²) in [6.45, 7) is 2.01. The van der Waals surface area contributed by atoms with Crippen molar-refractivity contribution in [2.45, 2.75) is 6.92 Å². The summed E-state index contributed by atoms with van der Waals surface area (Å²) in [6, 6.07) is 18.8. The van der Waals surface area contributed by atoms with E-state index in [-0.39, 0.29) is 5.91 Å². The molecule has 0 saturated heterocycles. The third kappa shape index (κ3) is 3.07. The minimum absolute atomic E-state index is 0.325. The second kappa shape index (κ2) is 6.44. The molecule has 128 valence electrons. The lowest BCUT2D eigenvalue weighted by molar-refractivity contribution is 0.102. The van der Waals surface area contributed by atoms with E-state index in [9.17, 15) is 9.18 Å². The first-order chi connectivity index (χ1) is 12.6. The smallest absolute Gasteiger partial charge is 0.255 e. The molecule has 1 amide bonds. The second-order valence-corrected chi connectivity index (χ2v) is 6.07. The van der Waals surface area contributed by atoms with Gasteiger partial charge in [0, 0.05) is 16.8 Å². The lowest BCUT2D eigenvalue weighted by atomic mass is 10.0. The van der Waals surface area contributed by atoms with E-state index in [4.69, 9.17) is 4.52 Å². The molecule has 0 atom stereocenters. The van der Waals surface area contributed by atoms with Crippen LogP contribution in [0.25, 0.3) is 22.2 Å². The molecule has 26 heavy (non-hydrogen) atoms. The van der Waals surface area contributed by atoms with Crippen LogP contribution in [0.1, 0.15) is 15.9 Å². The molecule has 0 aliphatic heterocycles. The number of nitrogens with zero attached hydrogens (tertiary/aromatic N) is 1. The van der Waals surface area contributed by atoms with Crippen molar-refractivity contribution in [3.05, 3.63) is 83.7 Å². The minimum Gasteiger partial charge on any atom is -0.355 e. The molecule has 0 spiro atoms. The zero-order valence-corrected chi connectivity index (χ0v) is 14.0. The number of carbonyl (C=O) groups excluding carboxylic acids is 1. The Balaban J connectivity index is 1.69. The molecule has 0 radical (unpaired) electrons. The highest BCUT2D eigenvalue weighted by atomic mass is 19.1. The Hall–Kier alpha value is -3.47. The molecular formula is C21H15FN2O2. The van der Waals surface area contributed by atoms with Crippen LogP contribution in [-0.2, 0) is 0 Å². The van der Waals surface area contributed by atoms with E-state index in [1.54, 1.807) is 30.3 Å². The van der Waals surface area contributed by atoms with Gasteiger partial charge < -0.3 is 9.84 Å². The standard InChI is InChI=1S/C21H15FN2O2/c1-13-5-7-14(8-6-13)20-18-11-15(9-10-19(18)24-26-20)21(25)23-17-4-2-3-16(22)12-17/h2-12H,1H3,(H,23,25). The predicted octanol–water partition coefficient (Wildman–Crippen LogP) is 5.19. The average molecular weight is 346 g/mol. The van der Waals surface area contributed by atoms with Crippen LogP contribution >= 0.6 is 0 Å². The van der Waals surface area contributed by atoms with Crippen molar-refractivity contribution >= 4 is 22.5 Å². The highest BCUT2D eigenvalue weighted by molar-refractivity contribution is 6.07. The second-order valence-electron chi connectivity index (χ2n) is 6.07. The van der Waals surface area contributed by atoms with E-state index in [0.29, 0.717) is 22.5 Å². The Morgan fingerprint density at radius 1 is 1.04 bits per heavy atom. The Morgan fingerprint density at radius 2 is 1.85 bits per heavy atom. The van der Waals surface area contributed by atoms with Crippen molar-refractivity contribution in [1.82, 2.24) is 5.16 Å². The van der Waals surface area contributed by atoms with Gasteiger partial charge >= 0.3 is 0 Å². The number of hydrogen-bond acceptors (Lipinski definition) is 3. The number of hydrogen-bond donors (Lipinski definition) is 1. The summed E-state index contributed by atoms with van der Waals surface area (Å²) in [5.74, 6) is -0.118. The summed E-state index contributed by atoms with van der Waals surface area (Å²) in [5, 5.41) is 7.50. The van der Waals surface area contributed by atoms with Gasteiger partial charge in [0.05, 0.1) is 5.39 Å². The minimum atomic E-state index is -0.404. The van der Waals surface area contributed by atoms with Crippen molar-refractivity contribution in [3.8, 4) is 11.3 Å². The molecule has 0 unspecified atom stereocenters. The number of aromatic nitrogens is 1. The number of halogens is 1. The van der Waals surface area contributed by atoms with Crippen LogP contribution < -0.4 is 5.32 Å². The molecule has 1 aromatic heterocycles. The molecule has 4 aromatic rings. The maximum atomic E-state index is 13.3. The highest BCUT2D eigenvalue weighted by Crippen LogP contribution is 2.29. The van der Waals surface area contributed by atoms with Gasteiger partial charge in [0.25, 0.3) is 5.91 Å². The molecule has 1 N–H and O–H groups in total. The number of nitrogens with one attached hydrogen (secondary N) is 1. The van der Waals surface area contributed by atoms with Crippen LogP contribution in [0.15, 0.2) is 71.3 Å². The van der Waals surface area contributed by atoms with Crippen LogP contribution in [0.4, 0.5) is 10.1 Å². The summed E-state index contributed by atoms with van der Waals surface area (Å²) in [4.78, 5) is 12.5. The van der Waals surface area contributed by atoms with Crippen molar-refractivity contribution in [2.24, 2.45) is 0 Å². The van der Waals surface area contributed by atoms with Crippen LogP contribution in [0.3, 0.4) is 0 Å². The summed E-state index contributed by atoms with van der Waals surface area (Å²) < 4.78 is 18.8. The Morgan fingerprint density at radius 3 is 2.62 bits per heavy atom. The zero-order valence-electron chi connectivity index (χ0n) is 14.0. The van der Waals surface area contributed by atoms with Gasteiger partial charge in [-0.25, -0.2) is 4.39 Å². The van der Waals surface area contributed by atoms with Gasteiger partial charge in [0.1, 0.15) is 11.3 Å². The number of rotatable bonds is 3. The Labute approximate surface area is 149 Å². The average Bonchev–Trinajstić information content (AvgIpc) is 3.05. The first-order valence-corrected chi connectivity index (χ1v) is 8.13. The molecule has 0 aliphatic carbocycles. The number of fused-ring (bicyclic) bond motifs is 1. The first kappa shape index (κ1) is 16.0. The van der Waals surface area contributed by atoms with Gasteiger partial charge in [0.15, 0.2) is 5.76 Å². The van der Waals surface area contributed by atoms with E-state index in [0.717, 1.165) is 16.5 Å². The fourth-order valence-corrected chi connectivity index (χ4v) is 2.77. The Bertz CT molecular complexity index is 1100. The predicted molar refractivity (Wildman–Crippen MR) is 98.5 cm³/mol. The fraction of sp³-hybridized carbons (Fsp3) is 0.0476. The molecule has 3 aromatic carbocycles. The van der Waals surface area contributed by atoms with Crippen molar-refractivity contribution in [2.75, 3.05) is 5.32 Å². The molecule has 0 saturated carbocycles. The summed E-state index contributed by atoms with van der Waals surface area (Å²) in [6.07, 6.45) is 0. The molecule has 4 rings (SSSR count). The van der Waals surface area contributed by atoms with Crippen LogP contribution in [0.2, 0.25) is 0 Å². The third-order valence-electron chi connectivity index (χ3n) is 4.13. The molecule has 0 aliphatic rings. The van der Waals surface area contributed by atoms with Gasteiger partial charge in [-0.05, 0) is 43.3 Å². The zero-order chi connectivity index (χ0) is 18.1. The van der Waals surface area contributed by atoms with E-state index >= 15 is 0 Å². The number of anilines is 1. The molecule has 1 heterocycles. The lowest BCUT2D eigenvalue weighted by Crippen LogP contribution is -2.11. The summed E-state index contributed by atoms with van der Waals surface area (Å²) in [7, 11) is 0. The van der Waals surface area contributed by atoms with Crippen LogP contribution in [0, 0.1) is 12.7 Å². The van der Waals surface area contributed by atoms with Gasteiger partial charge in [-0.15, -0.1) is 0 Å². The fourth-order valence-electron chi connectivity index (χ4n) is 2.77. The molecular weight excluding hydrogens is 331 g/mol. The van der Waals surface area contributed by atoms with Crippen molar-refractivity contribution < 1.29 is 13.7 Å². The topological polar surface area (TPSA) is 55.1 Å². The maximum absolute atomic E-state index is 13.3. The lowest BCUT2D eigenvalue weighted by Gasteiger charge is -2.05. The quantitative estimate of drug-likeness (QED) is 0.555. The van der Waals surface area contributed by atoms with Crippen molar-refractivity contribution in [1.29, 1.82) is 0 Å². The van der Waals surface area contributed by atoms with Gasteiger partial charge in [-0.3, -0.25) is 4.79 Å². The van der Waals surface area contributed by atoms with E-state index in [1.165, 1.54) is 12.1 Å². The normalized spacial score (nSPS) is 10.8. The largest absolute Gasteiger partial charge is 0.355 e. The molecule has 0 fully saturated rings. The number of benzene rings is 3. The molecule has 5 heteroatoms. The van der Waals surface area contributed by atoms with Gasteiger partial charge in [-0.1, -0.05) is 41.1 Å². The number of carbonyl (C=O) groups is 1. The maximum Gasteiger partial charge on any atom is 0.255 e. The highest BCUT2D eigenvalue weighted by Gasteiger charge is 2.14. The summed E-state index contributed by atoms with van der Waals surface area (Å²) in [5.41, 5.74) is 3.55. The van der Waals surface area contributed by atoms with Gasteiger partial charge in [-0.2, -0.15) is 0 Å². The van der Waals surface area contributed by atoms with E-state index < -0.39 is 5.82 Å². The number of aryl methyl sites for hydroxylation is 1. The van der Waals surface area contributed by atoms with Crippen molar-refractivity contribution in [3.63, 3.8) is 0 Å². The molecule has 0 bridgehead atoms. The van der Waals surface area contributed by atoms with Crippen LogP contribution in [-0.4, -0.2) is 11.1 Å². The first-order valence-electron chi connectivity index (χ1n) is 8.13. The number of amides is 1.